The quantitative estimate of drug-likeness (QED) is 0.0327. The molecule has 0 bridgehead atoms. The van der Waals surface area contributed by atoms with E-state index in [9.17, 15) is 62.7 Å². The second-order valence-electron chi connectivity index (χ2n) is 23.3. The largest absolute Gasteiger partial charge is 0.494 e. The molecule has 0 aliphatic carbocycles. The SMILES string of the molecule is Cc1ccc(CCCC(=O)NCCC(F)C[C@H](NC(=O)CN2CCN(COC=O)CCN(COC=O)CCN(CC(=O)O)CC2)C(=O)NC(=O)CC(=O)N2CCN(CCCCOc3ccc4nccc(C(=O)NCC(=O)N5CC(C)(F)C[C@@H]5C#N)c4c3)CC2)cc1. The number of unbranched alkanes of at least 4 members (excludes halogenated alkanes) is 1. The smallest absolute Gasteiger partial charge is 0.317 e. The number of alkyl halides is 2. The van der Waals surface area contributed by atoms with E-state index >= 15 is 4.39 Å². The molecule has 0 radical (unpaired) electrons. The summed E-state index contributed by atoms with van der Waals surface area (Å²) < 4.78 is 46.5. The summed E-state index contributed by atoms with van der Waals surface area (Å²) in [5, 5.41) is 29.6. The predicted octanol–water partition coefficient (Wildman–Crippen LogP) is 0.771. The number of hydrogen-bond acceptors (Lipinski definition) is 20. The van der Waals surface area contributed by atoms with Gasteiger partial charge in [-0.2, -0.15) is 5.26 Å². The van der Waals surface area contributed by atoms with Crippen molar-refractivity contribution in [3.05, 3.63) is 71.4 Å². The maximum atomic E-state index is 15.9. The van der Waals surface area contributed by atoms with Gasteiger partial charge in [0, 0.05) is 116 Å². The van der Waals surface area contributed by atoms with Gasteiger partial charge in [0.15, 0.2) is 0 Å². The molecule has 6 rings (SSSR count). The number of fused-ring (bicyclic) bond motifs is 1. The average Bonchev–Trinajstić information content (AvgIpc) is 1.97. The zero-order chi connectivity index (χ0) is 65.7. The molecule has 2 aromatic carbocycles. The first-order chi connectivity index (χ1) is 43.7. The number of hydrogen-bond donors (Lipinski definition) is 5. The van der Waals surface area contributed by atoms with Gasteiger partial charge in [-0.25, -0.2) is 8.78 Å². The zero-order valence-electron chi connectivity index (χ0n) is 51.8. The number of ether oxygens (including phenoxy) is 3. The number of nitrogens with zero attached hydrogens (tertiary/aromatic N) is 9. The monoisotopic (exact) mass is 1270 g/mol. The van der Waals surface area contributed by atoms with Gasteiger partial charge in [-0.1, -0.05) is 29.8 Å². The first-order valence-corrected chi connectivity index (χ1v) is 30.7. The third-order valence-electron chi connectivity index (χ3n) is 16.0. The molecule has 91 heavy (non-hydrogen) atoms. The van der Waals surface area contributed by atoms with Crippen LogP contribution in [0.1, 0.15) is 79.8 Å². The molecule has 0 spiro atoms. The summed E-state index contributed by atoms with van der Waals surface area (Å²) in [6.45, 7) is 6.90. The van der Waals surface area contributed by atoms with Crippen molar-refractivity contribution in [3.63, 3.8) is 0 Å². The van der Waals surface area contributed by atoms with Crippen LogP contribution in [0, 0.1) is 18.3 Å². The van der Waals surface area contributed by atoms with E-state index in [1.165, 1.54) is 24.1 Å². The van der Waals surface area contributed by atoms with E-state index < -0.39 is 84.7 Å². The molecule has 3 fully saturated rings. The summed E-state index contributed by atoms with van der Waals surface area (Å²) in [5.74, 6) is -5.29. The molecule has 7 amide bonds. The van der Waals surface area contributed by atoms with Crippen molar-refractivity contribution in [2.45, 2.75) is 95.6 Å². The van der Waals surface area contributed by atoms with Crippen LogP contribution in [0.5, 0.6) is 5.75 Å². The fraction of sp³-hybridized carbons (Fsp3) is 0.581. The van der Waals surface area contributed by atoms with Crippen molar-refractivity contribution in [2.24, 2.45) is 0 Å². The van der Waals surface area contributed by atoms with Crippen LogP contribution >= 0.6 is 0 Å². The van der Waals surface area contributed by atoms with Crippen molar-refractivity contribution in [1.82, 2.24) is 60.6 Å². The molecule has 3 aromatic rings. The fourth-order valence-electron chi connectivity index (χ4n) is 10.9. The van der Waals surface area contributed by atoms with Crippen LogP contribution in [0.25, 0.3) is 10.9 Å². The number of aryl methyl sites for hydroxylation is 2. The van der Waals surface area contributed by atoms with Gasteiger partial charge >= 0.3 is 5.97 Å². The minimum Gasteiger partial charge on any atom is -0.494 e. The number of nitriles is 1. The van der Waals surface area contributed by atoms with E-state index in [1.54, 1.807) is 37.8 Å². The summed E-state index contributed by atoms with van der Waals surface area (Å²) in [6.07, 6.45) is 0.946. The molecule has 4 atom stereocenters. The lowest BCUT2D eigenvalue weighted by atomic mass is 10.1. The van der Waals surface area contributed by atoms with Crippen molar-refractivity contribution in [3.8, 4) is 11.8 Å². The van der Waals surface area contributed by atoms with Crippen LogP contribution in [0.2, 0.25) is 0 Å². The molecule has 27 nitrogen and oxygen atoms in total. The molecular formula is C62H85F2N13O14. The Hall–Kier alpha value is -8.30. The Morgan fingerprint density at radius 1 is 0.780 bits per heavy atom. The Morgan fingerprint density at radius 3 is 2.05 bits per heavy atom. The second-order valence-corrected chi connectivity index (χ2v) is 23.3. The number of rotatable bonds is 32. The number of halogens is 2. The lowest BCUT2D eigenvalue weighted by Crippen LogP contribution is -2.54. The van der Waals surface area contributed by atoms with E-state index in [2.05, 4.69) is 31.2 Å². The number of carboxylic acids is 1. The third-order valence-corrected chi connectivity index (χ3v) is 16.0. The molecular weight excluding hydrogens is 1190 g/mol. The third kappa shape index (κ3) is 25.1. The number of imide groups is 1. The summed E-state index contributed by atoms with van der Waals surface area (Å²) in [6, 6.07) is 14.0. The van der Waals surface area contributed by atoms with Gasteiger partial charge in [0.05, 0.1) is 49.9 Å². The predicted molar refractivity (Wildman–Crippen MR) is 326 cm³/mol. The number of carboxylic acid groups (broad SMARTS) is 1. The minimum absolute atomic E-state index is 0.0595. The molecule has 5 N–H and O–H groups in total. The number of aromatic nitrogens is 1. The van der Waals surface area contributed by atoms with E-state index in [0.29, 0.717) is 101 Å². The summed E-state index contributed by atoms with van der Waals surface area (Å²) in [5.41, 5.74) is 1.27. The van der Waals surface area contributed by atoms with Gasteiger partial charge in [-0.15, -0.1) is 0 Å². The van der Waals surface area contributed by atoms with E-state index in [1.807, 2.05) is 37.3 Å². The van der Waals surface area contributed by atoms with Gasteiger partial charge in [0.25, 0.3) is 18.9 Å². The normalized spacial score (nSPS) is 18.9. The highest BCUT2D eigenvalue weighted by Gasteiger charge is 2.43. The Morgan fingerprint density at radius 2 is 1.42 bits per heavy atom. The van der Waals surface area contributed by atoms with Crippen LogP contribution < -0.4 is 26.0 Å². The van der Waals surface area contributed by atoms with Gasteiger partial charge in [0.2, 0.25) is 35.4 Å². The number of benzene rings is 2. The Bertz CT molecular complexity index is 2990. The minimum atomic E-state index is -1.75. The number of piperazine rings is 1. The number of nitrogens with one attached hydrogen (secondary N) is 4. The number of likely N-dealkylation sites (tertiary alicyclic amines) is 1. The molecule has 3 aliphatic rings. The topological polar surface area (TPSA) is 326 Å². The van der Waals surface area contributed by atoms with Gasteiger partial charge in [0.1, 0.15) is 49.6 Å². The van der Waals surface area contributed by atoms with Gasteiger partial charge in [-0.05, 0) is 82.3 Å². The number of carbonyl (C=O) groups excluding carboxylic acids is 9. The van der Waals surface area contributed by atoms with Crippen molar-refractivity contribution >= 4 is 71.2 Å². The zero-order valence-corrected chi connectivity index (χ0v) is 51.8. The van der Waals surface area contributed by atoms with Crippen LogP contribution in [0.3, 0.4) is 0 Å². The van der Waals surface area contributed by atoms with E-state index in [0.717, 1.165) is 22.4 Å². The second kappa shape index (κ2) is 37.1. The van der Waals surface area contributed by atoms with Crippen molar-refractivity contribution in [2.75, 3.05) is 138 Å². The first kappa shape index (κ1) is 71.8. The molecule has 0 saturated carbocycles. The Kier molecular flexibility index (Phi) is 29.3. The number of amides is 7. The Balaban J connectivity index is 0.980. The summed E-state index contributed by atoms with van der Waals surface area (Å²) in [4.78, 5) is 144. The lowest BCUT2D eigenvalue weighted by Gasteiger charge is -2.34. The fourth-order valence-corrected chi connectivity index (χ4v) is 10.9. The average molecular weight is 1270 g/mol. The molecule has 3 saturated heterocycles. The van der Waals surface area contributed by atoms with Gasteiger partial charge in [-0.3, -0.25) is 82.7 Å². The molecule has 4 heterocycles. The van der Waals surface area contributed by atoms with Crippen LogP contribution in [0.4, 0.5) is 8.78 Å². The highest BCUT2D eigenvalue weighted by atomic mass is 19.1. The van der Waals surface area contributed by atoms with E-state index in [4.69, 9.17) is 14.2 Å². The maximum absolute atomic E-state index is 15.9. The number of aliphatic carboxylic acids is 1. The maximum Gasteiger partial charge on any atom is 0.317 e. The highest BCUT2D eigenvalue weighted by molar-refractivity contribution is 6.07. The Labute approximate surface area is 528 Å². The number of carbonyl (C=O) groups is 10. The van der Waals surface area contributed by atoms with Crippen LogP contribution in [0.15, 0.2) is 54.7 Å². The van der Waals surface area contributed by atoms with E-state index in [-0.39, 0.29) is 110 Å². The first-order valence-electron chi connectivity index (χ1n) is 30.7. The number of pyridine rings is 1. The van der Waals surface area contributed by atoms with Gasteiger partial charge < -0.3 is 45.1 Å². The van der Waals surface area contributed by atoms with Crippen LogP contribution in [-0.2, 0) is 59.0 Å². The summed E-state index contributed by atoms with van der Waals surface area (Å²) in [7, 11) is 0. The molecule has 2 unspecified atom stereocenters. The van der Waals surface area contributed by atoms with Crippen molar-refractivity contribution in [1.29, 1.82) is 5.26 Å². The molecule has 29 heteroatoms. The summed E-state index contributed by atoms with van der Waals surface area (Å²) >= 11 is 0. The molecule has 496 valence electrons. The van der Waals surface area contributed by atoms with Crippen LogP contribution in [-0.4, -0.2) is 266 Å². The molecule has 3 aliphatic heterocycles. The molecule has 1 aromatic heterocycles. The van der Waals surface area contributed by atoms with Crippen molar-refractivity contribution < 1.29 is 76.0 Å². The highest BCUT2D eigenvalue weighted by Crippen LogP contribution is 2.30. The standard InChI is InChI=1S/C62H85F2N13O14/c1-45-8-10-46(11-9-45)6-5-7-54(80)67-16-14-47(63)32-53(69-56(82)38-72-19-20-73(39-59(85)86)22-24-75(42-90-44-79)26-25-74(23-21-72)41-89-43-78)61(88)70-55(81)34-57(83)76-29-27-71(28-30-76)18-3-4-31-91-49-12-13-52-51(33-49)50(15-17-66-52)60(87)68-37-58(84)77-40-62(2,64)35-48(77)36-65/h8-13,15,17,33,43-44,47-48,53H,3-7,14,16,18-32,34-35,37-42H2,1-2H3,(H,67,80)(H,68,87)(H,69,82)(H,85,86)(H,70,81,88)/t47?,48-,53+,62?/m1/s1. The lowest BCUT2D eigenvalue weighted by molar-refractivity contribution is -0.140.